The van der Waals surface area contributed by atoms with Crippen LogP contribution in [0.3, 0.4) is 0 Å². The maximum atomic E-state index is 12.1. The lowest BCUT2D eigenvalue weighted by Gasteiger charge is -2.07. The van der Waals surface area contributed by atoms with Crippen molar-refractivity contribution in [3.8, 4) is 0 Å². The standard InChI is InChI=1S/C17H15NO4/c18-14(17(21)22)10-11-6-8-13(9-7-11)16(20)15(19)12-4-2-1-3-5-12/h1-9,14H,10,18H2,(H,21,22)/t14-/m0/s1. The van der Waals surface area contributed by atoms with E-state index in [9.17, 15) is 14.4 Å². The van der Waals surface area contributed by atoms with Crippen molar-refractivity contribution in [1.29, 1.82) is 0 Å². The number of carbonyl (C=O) groups excluding carboxylic acids is 2. The molecule has 0 unspecified atom stereocenters. The maximum Gasteiger partial charge on any atom is 0.320 e. The van der Waals surface area contributed by atoms with Crippen LogP contribution in [0.4, 0.5) is 0 Å². The summed E-state index contributed by atoms with van der Waals surface area (Å²) in [5, 5.41) is 8.76. The lowest BCUT2D eigenvalue weighted by molar-refractivity contribution is -0.138. The zero-order valence-corrected chi connectivity index (χ0v) is 11.7. The molecule has 2 aromatic rings. The van der Waals surface area contributed by atoms with Gasteiger partial charge in [0.15, 0.2) is 0 Å². The summed E-state index contributed by atoms with van der Waals surface area (Å²) >= 11 is 0. The van der Waals surface area contributed by atoms with Gasteiger partial charge in [-0.15, -0.1) is 0 Å². The van der Waals surface area contributed by atoms with E-state index in [4.69, 9.17) is 10.8 Å². The molecule has 0 aliphatic carbocycles. The van der Waals surface area contributed by atoms with Crippen LogP contribution in [0.5, 0.6) is 0 Å². The Morgan fingerprint density at radius 2 is 1.36 bits per heavy atom. The van der Waals surface area contributed by atoms with Crippen molar-refractivity contribution in [2.75, 3.05) is 0 Å². The Labute approximate surface area is 127 Å². The topological polar surface area (TPSA) is 97.5 Å². The molecule has 0 fully saturated rings. The van der Waals surface area contributed by atoms with Crippen LogP contribution < -0.4 is 5.73 Å². The van der Waals surface area contributed by atoms with Gasteiger partial charge in [0.05, 0.1) is 0 Å². The third-order valence-electron chi connectivity index (χ3n) is 3.23. The van der Waals surface area contributed by atoms with E-state index < -0.39 is 23.6 Å². The van der Waals surface area contributed by atoms with Gasteiger partial charge in [-0.1, -0.05) is 54.6 Å². The minimum atomic E-state index is -1.08. The molecule has 1 atom stereocenters. The molecule has 0 spiro atoms. The minimum Gasteiger partial charge on any atom is -0.480 e. The van der Waals surface area contributed by atoms with Crippen molar-refractivity contribution in [2.24, 2.45) is 5.73 Å². The Balaban J connectivity index is 2.12. The third-order valence-corrected chi connectivity index (χ3v) is 3.23. The predicted octanol–water partition coefficient (Wildman–Crippen LogP) is 1.71. The Hall–Kier alpha value is -2.79. The van der Waals surface area contributed by atoms with Gasteiger partial charge in [0, 0.05) is 11.1 Å². The van der Waals surface area contributed by atoms with Crippen LogP contribution in [0.1, 0.15) is 26.3 Å². The van der Waals surface area contributed by atoms with Crippen LogP contribution in [-0.4, -0.2) is 28.7 Å². The van der Waals surface area contributed by atoms with E-state index in [-0.39, 0.29) is 12.0 Å². The normalized spacial score (nSPS) is 11.7. The van der Waals surface area contributed by atoms with Gasteiger partial charge >= 0.3 is 5.97 Å². The second-order valence-corrected chi connectivity index (χ2v) is 4.87. The molecule has 0 saturated carbocycles. The molecule has 0 saturated heterocycles. The van der Waals surface area contributed by atoms with Gasteiger partial charge < -0.3 is 10.8 Å². The van der Waals surface area contributed by atoms with Gasteiger partial charge in [0.25, 0.3) is 0 Å². The molecule has 0 aliphatic rings. The number of ketones is 2. The summed E-state index contributed by atoms with van der Waals surface area (Å²) in [4.78, 5) is 34.9. The van der Waals surface area contributed by atoms with Gasteiger partial charge in [-0.2, -0.15) is 0 Å². The molecular formula is C17H15NO4. The molecule has 2 aromatic carbocycles. The van der Waals surface area contributed by atoms with Crippen molar-refractivity contribution in [3.05, 3.63) is 71.3 Å². The largest absolute Gasteiger partial charge is 0.480 e. The number of carbonyl (C=O) groups is 3. The number of hydrogen-bond acceptors (Lipinski definition) is 4. The lowest BCUT2D eigenvalue weighted by atomic mass is 9.99. The quantitative estimate of drug-likeness (QED) is 0.625. The molecule has 0 aliphatic heterocycles. The number of nitrogens with two attached hydrogens (primary N) is 1. The summed E-state index contributed by atoms with van der Waals surface area (Å²) in [6.45, 7) is 0. The molecule has 0 radical (unpaired) electrons. The molecule has 0 heterocycles. The number of Topliss-reactive ketones (excluding diaryl/α,β-unsaturated/α-hetero) is 2. The molecule has 5 nitrogen and oxygen atoms in total. The highest BCUT2D eigenvalue weighted by atomic mass is 16.4. The lowest BCUT2D eigenvalue weighted by Crippen LogP contribution is -2.32. The van der Waals surface area contributed by atoms with Crippen LogP contribution in [-0.2, 0) is 11.2 Å². The van der Waals surface area contributed by atoms with E-state index in [1.807, 2.05) is 0 Å². The van der Waals surface area contributed by atoms with Gasteiger partial charge in [-0.25, -0.2) is 0 Å². The Kier molecular flexibility index (Phi) is 4.80. The zero-order valence-electron chi connectivity index (χ0n) is 11.7. The number of benzene rings is 2. The van der Waals surface area contributed by atoms with E-state index in [1.165, 1.54) is 12.1 Å². The molecule has 22 heavy (non-hydrogen) atoms. The SMILES string of the molecule is N[C@@H](Cc1ccc(C(=O)C(=O)c2ccccc2)cc1)C(=O)O. The summed E-state index contributed by atoms with van der Waals surface area (Å²) in [6.07, 6.45) is 0.163. The van der Waals surface area contributed by atoms with E-state index in [0.29, 0.717) is 11.1 Å². The first kappa shape index (κ1) is 15.6. The fourth-order valence-electron chi connectivity index (χ4n) is 1.99. The minimum absolute atomic E-state index is 0.163. The van der Waals surface area contributed by atoms with Crippen molar-refractivity contribution in [1.82, 2.24) is 0 Å². The molecule has 0 aromatic heterocycles. The highest BCUT2D eigenvalue weighted by Crippen LogP contribution is 2.11. The second-order valence-electron chi connectivity index (χ2n) is 4.87. The van der Waals surface area contributed by atoms with E-state index >= 15 is 0 Å². The van der Waals surface area contributed by atoms with Crippen LogP contribution in [0.2, 0.25) is 0 Å². The van der Waals surface area contributed by atoms with Crippen molar-refractivity contribution in [3.63, 3.8) is 0 Å². The average molecular weight is 297 g/mol. The van der Waals surface area contributed by atoms with E-state index in [1.54, 1.807) is 42.5 Å². The van der Waals surface area contributed by atoms with Gasteiger partial charge in [-0.05, 0) is 12.0 Å². The smallest absolute Gasteiger partial charge is 0.320 e. The van der Waals surface area contributed by atoms with Crippen LogP contribution in [0.25, 0.3) is 0 Å². The number of aliphatic carboxylic acids is 1. The molecule has 5 heteroatoms. The zero-order chi connectivity index (χ0) is 16.1. The van der Waals surface area contributed by atoms with Crippen LogP contribution in [0.15, 0.2) is 54.6 Å². The Morgan fingerprint density at radius 3 is 1.86 bits per heavy atom. The summed E-state index contributed by atoms with van der Waals surface area (Å²) in [7, 11) is 0. The molecule has 0 amide bonds. The fourth-order valence-corrected chi connectivity index (χ4v) is 1.99. The third kappa shape index (κ3) is 3.65. The van der Waals surface area contributed by atoms with E-state index in [0.717, 1.165) is 0 Å². The molecule has 2 rings (SSSR count). The van der Waals surface area contributed by atoms with Crippen LogP contribution in [0, 0.1) is 0 Å². The molecule has 112 valence electrons. The van der Waals surface area contributed by atoms with Crippen molar-refractivity contribution >= 4 is 17.5 Å². The van der Waals surface area contributed by atoms with Crippen molar-refractivity contribution < 1.29 is 19.5 Å². The number of rotatable bonds is 6. The number of hydrogen-bond donors (Lipinski definition) is 2. The first-order chi connectivity index (χ1) is 10.5. The maximum absolute atomic E-state index is 12.1. The number of carboxylic acid groups (broad SMARTS) is 1. The Bertz CT molecular complexity index is 692. The molecule has 0 bridgehead atoms. The summed E-state index contributed by atoms with van der Waals surface area (Å²) in [5.41, 5.74) is 6.75. The van der Waals surface area contributed by atoms with Crippen LogP contribution >= 0.6 is 0 Å². The number of carboxylic acids is 1. The predicted molar refractivity (Wildman–Crippen MR) is 80.9 cm³/mol. The van der Waals surface area contributed by atoms with Gasteiger partial charge in [0.2, 0.25) is 11.6 Å². The van der Waals surface area contributed by atoms with E-state index in [2.05, 4.69) is 0 Å². The highest BCUT2D eigenvalue weighted by molar-refractivity contribution is 6.49. The monoisotopic (exact) mass is 297 g/mol. The second kappa shape index (κ2) is 6.78. The summed E-state index contributed by atoms with van der Waals surface area (Å²) in [5.74, 6) is -2.25. The van der Waals surface area contributed by atoms with Gasteiger partial charge in [-0.3, -0.25) is 14.4 Å². The highest BCUT2D eigenvalue weighted by Gasteiger charge is 2.18. The Morgan fingerprint density at radius 1 is 0.864 bits per heavy atom. The summed E-state index contributed by atoms with van der Waals surface area (Å²) in [6, 6.07) is 13.5. The first-order valence-corrected chi connectivity index (χ1v) is 6.70. The fraction of sp³-hybridized carbons (Fsp3) is 0.118. The first-order valence-electron chi connectivity index (χ1n) is 6.70. The average Bonchev–Trinajstić information content (AvgIpc) is 2.55. The van der Waals surface area contributed by atoms with Crippen molar-refractivity contribution in [2.45, 2.75) is 12.5 Å². The summed E-state index contributed by atoms with van der Waals surface area (Å²) < 4.78 is 0. The molecular weight excluding hydrogens is 282 g/mol. The molecule has 3 N–H and O–H groups in total. The van der Waals surface area contributed by atoms with Gasteiger partial charge in [0.1, 0.15) is 6.04 Å².